The predicted molar refractivity (Wildman–Crippen MR) is 71.8 cm³/mol. The highest BCUT2D eigenvalue weighted by Gasteiger charge is 2.24. The molecule has 0 unspecified atom stereocenters. The number of sulfone groups is 1. The van der Waals surface area contributed by atoms with Gasteiger partial charge in [0.25, 0.3) is 5.91 Å². The maximum atomic E-state index is 11.7. The Bertz CT molecular complexity index is 513. The summed E-state index contributed by atoms with van der Waals surface area (Å²) in [5.74, 6) is 0.728. The highest BCUT2D eigenvalue weighted by atomic mass is 32.2. The van der Waals surface area contributed by atoms with Gasteiger partial charge in [-0.25, -0.2) is 8.42 Å². The maximum Gasteiger partial charge on any atom is 0.258 e. The highest BCUT2D eigenvalue weighted by Crippen LogP contribution is 2.12. The van der Waals surface area contributed by atoms with Crippen LogP contribution in [0.15, 0.2) is 30.3 Å². The van der Waals surface area contributed by atoms with E-state index in [9.17, 15) is 13.2 Å². The topological polar surface area (TPSA) is 72.5 Å². The molecule has 0 atom stereocenters. The number of carbonyl (C=O) groups is 1. The molecule has 6 heteroatoms. The molecule has 0 spiro atoms. The minimum Gasteiger partial charge on any atom is -0.484 e. The number of hydrogen-bond acceptors (Lipinski definition) is 4. The van der Waals surface area contributed by atoms with Gasteiger partial charge in [-0.15, -0.1) is 0 Å². The molecule has 1 fully saturated rings. The van der Waals surface area contributed by atoms with E-state index in [2.05, 4.69) is 5.32 Å². The zero-order valence-electron chi connectivity index (χ0n) is 10.5. The van der Waals surface area contributed by atoms with E-state index in [0.717, 1.165) is 0 Å². The van der Waals surface area contributed by atoms with Crippen molar-refractivity contribution in [2.45, 2.75) is 18.9 Å². The zero-order valence-corrected chi connectivity index (χ0v) is 11.4. The summed E-state index contributed by atoms with van der Waals surface area (Å²) in [5.41, 5.74) is 0. The molecule has 1 aromatic rings. The number of ether oxygens (including phenoxy) is 1. The van der Waals surface area contributed by atoms with Crippen molar-refractivity contribution in [3.63, 3.8) is 0 Å². The average molecular weight is 283 g/mol. The van der Waals surface area contributed by atoms with Gasteiger partial charge in [0, 0.05) is 6.04 Å². The third-order valence-corrected chi connectivity index (χ3v) is 4.75. The molecule has 0 saturated carbocycles. The van der Waals surface area contributed by atoms with E-state index in [1.165, 1.54) is 0 Å². The largest absolute Gasteiger partial charge is 0.484 e. The lowest BCUT2D eigenvalue weighted by Crippen LogP contribution is -2.42. The molecule has 1 aromatic carbocycles. The molecule has 2 rings (SSSR count). The third kappa shape index (κ3) is 4.55. The Kier molecular flexibility index (Phi) is 4.42. The van der Waals surface area contributed by atoms with Gasteiger partial charge < -0.3 is 10.1 Å². The quantitative estimate of drug-likeness (QED) is 0.885. The molecule has 104 valence electrons. The minimum atomic E-state index is -2.89. The summed E-state index contributed by atoms with van der Waals surface area (Å²) in [7, 11) is -2.89. The molecule has 19 heavy (non-hydrogen) atoms. The molecule has 1 heterocycles. The standard InChI is InChI=1S/C13H17NO4S/c15-13(10-18-12-4-2-1-3-5-12)14-11-6-8-19(16,17)9-7-11/h1-5,11H,6-10H2,(H,14,15). The Hall–Kier alpha value is -1.56. The summed E-state index contributed by atoms with van der Waals surface area (Å²) in [4.78, 5) is 11.7. The van der Waals surface area contributed by atoms with E-state index in [4.69, 9.17) is 4.74 Å². The summed E-state index contributed by atoms with van der Waals surface area (Å²) >= 11 is 0. The fraction of sp³-hybridized carbons (Fsp3) is 0.462. The molecule has 1 aliphatic heterocycles. The van der Waals surface area contributed by atoms with E-state index in [-0.39, 0.29) is 30.1 Å². The van der Waals surface area contributed by atoms with Crippen LogP contribution in [0.3, 0.4) is 0 Å². The van der Waals surface area contributed by atoms with Crippen molar-refractivity contribution in [3.8, 4) is 5.75 Å². The fourth-order valence-electron chi connectivity index (χ4n) is 1.97. The Morgan fingerprint density at radius 1 is 1.21 bits per heavy atom. The molecular weight excluding hydrogens is 266 g/mol. The number of amides is 1. The van der Waals surface area contributed by atoms with Crippen LogP contribution in [0.5, 0.6) is 5.75 Å². The molecule has 0 bridgehead atoms. The molecular formula is C13H17NO4S. The molecule has 0 aliphatic carbocycles. The van der Waals surface area contributed by atoms with Gasteiger partial charge in [-0.05, 0) is 25.0 Å². The summed E-state index contributed by atoms with van der Waals surface area (Å²) in [5, 5.41) is 2.80. The lowest BCUT2D eigenvalue weighted by molar-refractivity contribution is -0.123. The smallest absolute Gasteiger partial charge is 0.258 e. The summed E-state index contributed by atoms with van der Waals surface area (Å²) in [6.07, 6.45) is 0.971. The van der Waals surface area contributed by atoms with Crippen LogP contribution in [-0.4, -0.2) is 38.5 Å². The first kappa shape index (κ1) is 13.9. The highest BCUT2D eigenvalue weighted by molar-refractivity contribution is 7.91. The number of hydrogen-bond donors (Lipinski definition) is 1. The number of rotatable bonds is 4. The van der Waals surface area contributed by atoms with Gasteiger partial charge in [0.2, 0.25) is 0 Å². The first-order valence-electron chi connectivity index (χ1n) is 6.23. The van der Waals surface area contributed by atoms with E-state index < -0.39 is 9.84 Å². The van der Waals surface area contributed by atoms with Gasteiger partial charge in [-0.3, -0.25) is 4.79 Å². The SMILES string of the molecule is O=C(COc1ccccc1)NC1CCS(=O)(=O)CC1. The monoisotopic (exact) mass is 283 g/mol. The third-order valence-electron chi connectivity index (χ3n) is 3.03. The Morgan fingerprint density at radius 3 is 2.47 bits per heavy atom. The molecule has 1 saturated heterocycles. The molecule has 1 N–H and O–H groups in total. The molecule has 5 nitrogen and oxygen atoms in total. The minimum absolute atomic E-state index is 0.0483. The first-order valence-corrected chi connectivity index (χ1v) is 8.05. The van der Waals surface area contributed by atoms with Crippen LogP contribution >= 0.6 is 0 Å². The Labute approximate surface area is 112 Å². The number of carbonyl (C=O) groups excluding carboxylic acids is 1. The second-order valence-corrected chi connectivity index (χ2v) is 6.90. The van der Waals surface area contributed by atoms with Crippen LogP contribution in [0.1, 0.15) is 12.8 Å². The average Bonchev–Trinajstić information content (AvgIpc) is 2.40. The molecule has 0 radical (unpaired) electrons. The van der Waals surface area contributed by atoms with Crippen LogP contribution in [0, 0.1) is 0 Å². The molecule has 1 amide bonds. The fourth-order valence-corrected chi connectivity index (χ4v) is 3.46. The summed E-state index contributed by atoms with van der Waals surface area (Å²) < 4.78 is 27.8. The lowest BCUT2D eigenvalue weighted by Gasteiger charge is -2.22. The number of para-hydroxylation sites is 1. The van der Waals surface area contributed by atoms with E-state index in [1.807, 2.05) is 18.2 Å². The van der Waals surface area contributed by atoms with Crippen LogP contribution in [-0.2, 0) is 14.6 Å². The van der Waals surface area contributed by atoms with Gasteiger partial charge in [0.05, 0.1) is 11.5 Å². The van der Waals surface area contributed by atoms with Crippen molar-refractivity contribution in [2.75, 3.05) is 18.1 Å². The number of nitrogens with one attached hydrogen (secondary N) is 1. The summed E-state index contributed by atoms with van der Waals surface area (Å²) in [6.45, 7) is -0.0483. The second kappa shape index (κ2) is 6.06. The van der Waals surface area contributed by atoms with Gasteiger partial charge in [0.15, 0.2) is 6.61 Å². The van der Waals surface area contributed by atoms with Gasteiger partial charge >= 0.3 is 0 Å². The maximum absolute atomic E-state index is 11.7. The van der Waals surface area contributed by atoms with Crippen molar-refractivity contribution in [3.05, 3.63) is 30.3 Å². The van der Waals surface area contributed by atoms with Crippen LogP contribution < -0.4 is 10.1 Å². The molecule has 1 aliphatic rings. The van der Waals surface area contributed by atoms with Crippen molar-refractivity contribution >= 4 is 15.7 Å². The normalized spacial score (nSPS) is 18.7. The predicted octanol–water partition coefficient (Wildman–Crippen LogP) is 0.759. The van der Waals surface area contributed by atoms with Gasteiger partial charge in [0.1, 0.15) is 15.6 Å². The van der Waals surface area contributed by atoms with Gasteiger partial charge in [-0.1, -0.05) is 18.2 Å². The van der Waals surface area contributed by atoms with Crippen LogP contribution in [0.25, 0.3) is 0 Å². The van der Waals surface area contributed by atoms with Crippen LogP contribution in [0.2, 0.25) is 0 Å². The Balaban J connectivity index is 1.73. The van der Waals surface area contributed by atoms with Crippen molar-refractivity contribution in [1.82, 2.24) is 5.32 Å². The first-order chi connectivity index (χ1) is 9.05. The van der Waals surface area contributed by atoms with Crippen molar-refractivity contribution in [2.24, 2.45) is 0 Å². The van der Waals surface area contributed by atoms with Gasteiger partial charge in [-0.2, -0.15) is 0 Å². The molecule has 0 aromatic heterocycles. The zero-order chi connectivity index (χ0) is 13.7. The number of benzene rings is 1. The van der Waals surface area contributed by atoms with Crippen molar-refractivity contribution in [1.29, 1.82) is 0 Å². The van der Waals surface area contributed by atoms with Crippen LogP contribution in [0.4, 0.5) is 0 Å². The second-order valence-electron chi connectivity index (χ2n) is 4.60. The van der Waals surface area contributed by atoms with E-state index >= 15 is 0 Å². The Morgan fingerprint density at radius 2 is 1.84 bits per heavy atom. The van der Waals surface area contributed by atoms with Crippen molar-refractivity contribution < 1.29 is 17.9 Å². The van der Waals surface area contributed by atoms with E-state index in [0.29, 0.717) is 18.6 Å². The lowest BCUT2D eigenvalue weighted by atomic mass is 10.1. The van der Waals surface area contributed by atoms with E-state index in [1.54, 1.807) is 12.1 Å². The summed E-state index contributed by atoms with van der Waals surface area (Å²) in [6, 6.07) is 9.03.